The average molecular weight is 411 g/mol. The summed E-state index contributed by atoms with van der Waals surface area (Å²) in [6.07, 6.45) is 0. The van der Waals surface area contributed by atoms with E-state index in [2.05, 4.69) is 4.52 Å². The Morgan fingerprint density at radius 2 is 1.50 bits per heavy atom. The van der Waals surface area contributed by atoms with Crippen LogP contribution in [0.15, 0.2) is 36.4 Å². The molecule has 0 amide bonds. The molecule has 2 rings (SSSR count). The molecule has 24 heavy (non-hydrogen) atoms. The van der Waals surface area contributed by atoms with Crippen LogP contribution in [0.2, 0.25) is 10.0 Å². The molecule has 3 N–H and O–H groups in total. The van der Waals surface area contributed by atoms with Gasteiger partial charge in [-0.15, -0.1) is 0 Å². The molecule has 1 atom stereocenters. The van der Waals surface area contributed by atoms with Gasteiger partial charge < -0.3 is 23.7 Å². The molecule has 0 radical (unpaired) electrons. The molecule has 11 heteroatoms. The van der Waals surface area contributed by atoms with Crippen LogP contribution < -0.4 is 9.05 Å². The average Bonchev–Trinajstić information content (AvgIpc) is 2.50. The standard InChI is InChI=1S/C13H10Cl2O7P2/c14-9-3-1-7(5-11(9)21-23(17)18)13(16)8-2-4-10(15)12(6-8)22-24(19)20/h1-6,17-18,24H,(H,19,20). The van der Waals surface area contributed by atoms with Crippen LogP contribution in [0.3, 0.4) is 0 Å². The summed E-state index contributed by atoms with van der Waals surface area (Å²) >= 11 is 11.7. The molecule has 7 nitrogen and oxygen atoms in total. The number of carbonyl (C=O) groups is 1. The Bertz CT molecular complexity index is 798. The largest absolute Gasteiger partial charge is 0.425 e. The molecule has 0 aromatic heterocycles. The van der Waals surface area contributed by atoms with E-state index in [-0.39, 0.29) is 32.7 Å². The van der Waals surface area contributed by atoms with E-state index < -0.39 is 22.6 Å². The van der Waals surface area contributed by atoms with E-state index in [0.717, 1.165) is 0 Å². The van der Waals surface area contributed by atoms with E-state index in [1.165, 1.54) is 36.4 Å². The fourth-order valence-corrected chi connectivity index (χ4v) is 2.90. The minimum Gasteiger partial charge on any atom is -0.425 e. The predicted octanol–water partition coefficient (Wildman–Crippen LogP) is 3.58. The van der Waals surface area contributed by atoms with Crippen LogP contribution in [0.4, 0.5) is 0 Å². The molecule has 0 saturated carbocycles. The van der Waals surface area contributed by atoms with E-state index in [1.54, 1.807) is 0 Å². The van der Waals surface area contributed by atoms with Crippen LogP contribution in [-0.2, 0) is 4.57 Å². The van der Waals surface area contributed by atoms with Crippen LogP contribution in [0, 0.1) is 0 Å². The van der Waals surface area contributed by atoms with E-state index in [1.807, 2.05) is 0 Å². The first kappa shape index (κ1) is 19.2. The van der Waals surface area contributed by atoms with Crippen LogP contribution in [-0.4, -0.2) is 20.5 Å². The quantitative estimate of drug-likeness (QED) is 0.492. The zero-order chi connectivity index (χ0) is 17.9. The lowest BCUT2D eigenvalue weighted by Gasteiger charge is -2.10. The number of halogens is 2. The summed E-state index contributed by atoms with van der Waals surface area (Å²) in [5.74, 6) is -0.645. The third-order valence-corrected chi connectivity index (χ3v) is 4.14. The maximum Gasteiger partial charge on any atom is 0.391 e. The van der Waals surface area contributed by atoms with Crippen molar-refractivity contribution in [2.45, 2.75) is 0 Å². The molecular formula is C13H10Cl2O7P2. The third kappa shape index (κ3) is 4.91. The number of benzene rings is 2. The third-order valence-electron chi connectivity index (χ3n) is 2.76. The molecule has 1 unspecified atom stereocenters. The number of carbonyl (C=O) groups excluding carboxylic acids is 1. The molecule has 128 valence electrons. The molecule has 0 aliphatic heterocycles. The molecule has 0 aliphatic rings. The maximum atomic E-state index is 12.5. The Morgan fingerprint density at radius 3 is 2.00 bits per heavy atom. The van der Waals surface area contributed by atoms with Gasteiger partial charge >= 0.3 is 16.9 Å². The first-order valence-corrected chi connectivity index (χ1v) is 9.37. The smallest absolute Gasteiger partial charge is 0.391 e. The van der Waals surface area contributed by atoms with Crippen molar-refractivity contribution in [3.05, 3.63) is 57.6 Å². The van der Waals surface area contributed by atoms with Gasteiger partial charge in [-0.2, -0.15) is 0 Å². The predicted molar refractivity (Wildman–Crippen MR) is 90.2 cm³/mol. The van der Waals surface area contributed by atoms with Gasteiger partial charge in [-0.1, -0.05) is 23.2 Å². The van der Waals surface area contributed by atoms with Gasteiger partial charge in [0, 0.05) is 11.1 Å². The van der Waals surface area contributed by atoms with Gasteiger partial charge in [0.1, 0.15) is 11.5 Å². The lowest BCUT2D eigenvalue weighted by Crippen LogP contribution is -2.02. The van der Waals surface area contributed by atoms with Gasteiger partial charge in [0.15, 0.2) is 5.78 Å². The van der Waals surface area contributed by atoms with Crippen molar-refractivity contribution in [3.63, 3.8) is 0 Å². The van der Waals surface area contributed by atoms with Crippen molar-refractivity contribution in [3.8, 4) is 11.5 Å². The Hall–Kier alpha value is -1.17. The molecule has 0 aliphatic carbocycles. The molecular weight excluding hydrogens is 401 g/mol. The summed E-state index contributed by atoms with van der Waals surface area (Å²) in [4.78, 5) is 39.1. The first-order valence-electron chi connectivity index (χ1n) is 6.18. The summed E-state index contributed by atoms with van der Waals surface area (Å²) in [7, 11) is -5.97. The van der Waals surface area contributed by atoms with Crippen LogP contribution >= 0.6 is 40.1 Å². The van der Waals surface area contributed by atoms with E-state index in [0.29, 0.717) is 0 Å². The molecule has 2 aromatic rings. The second-order valence-electron chi connectivity index (χ2n) is 4.33. The van der Waals surface area contributed by atoms with E-state index in [4.69, 9.17) is 42.4 Å². The zero-order valence-electron chi connectivity index (χ0n) is 11.6. The fourth-order valence-electron chi connectivity index (χ4n) is 1.79. The minimum atomic E-state index is -3.28. The molecule has 2 aromatic carbocycles. The highest BCUT2D eigenvalue weighted by Crippen LogP contribution is 2.36. The Balaban J connectivity index is 2.36. The van der Waals surface area contributed by atoms with Crippen molar-refractivity contribution in [2.75, 3.05) is 0 Å². The van der Waals surface area contributed by atoms with Gasteiger partial charge in [0.05, 0.1) is 10.0 Å². The highest BCUT2D eigenvalue weighted by molar-refractivity contribution is 7.39. The van der Waals surface area contributed by atoms with Crippen molar-refractivity contribution < 1.29 is 33.1 Å². The Morgan fingerprint density at radius 1 is 1.00 bits per heavy atom. The van der Waals surface area contributed by atoms with Crippen molar-refractivity contribution in [2.24, 2.45) is 0 Å². The van der Waals surface area contributed by atoms with Crippen LogP contribution in [0.5, 0.6) is 11.5 Å². The lowest BCUT2D eigenvalue weighted by atomic mass is 10.0. The second kappa shape index (κ2) is 8.28. The van der Waals surface area contributed by atoms with E-state index >= 15 is 0 Å². The summed E-state index contributed by atoms with van der Waals surface area (Å²) in [5, 5.41) is 0.173. The summed E-state index contributed by atoms with van der Waals surface area (Å²) in [5.41, 5.74) is 0.289. The van der Waals surface area contributed by atoms with Crippen molar-refractivity contribution >= 4 is 45.8 Å². The molecule has 0 heterocycles. The van der Waals surface area contributed by atoms with Gasteiger partial charge in [-0.3, -0.25) is 4.79 Å². The Labute approximate surface area is 148 Å². The minimum absolute atomic E-state index is 0.0653. The van der Waals surface area contributed by atoms with Gasteiger partial charge in [0.25, 0.3) is 0 Å². The van der Waals surface area contributed by atoms with Crippen molar-refractivity contribution in [1.82, 2.24) is 0 Å². The van der Waals surface area contributed by atoms with Gasteiger partial charge in [-0.05, 0) is 36.4 Å². The molecule has 0 spiro atoms. The number of hydrogen-bond acceptors (Lipinski definition) is 6. The van der Waals surface area contributed by atoms with E-state index in [9.17, 15) is 9.36 Å². The van der Waals surface area contributed by atoms with Crippen molar-refractivity contribution in [1.29, 1.82) is 0 Å². The number of hydrogen-bond donors (Lipinski definition) is 3. The molecule has 0 saturated heterocycles. The summed E-state index contributed by atoms with van der Waals surface area (Å²) in [6.45, 7) is 0. The summed E-state index contributed by atoms with van der Waals surface area (Å²) < 4.78 is 20.2. The Kier molecular flexibility index (Phi) is 6.61. The SMILES string of the molecule is O=C(c1ccc(Cl)c(OP(O)O)c1)c1ccc(Cl)c(O[PH](=O)O)c1. The van der Waals surface area contributed by atoms with Crippen LogP contribution in [0.25, 0.3) is 0 Å². The molecule has 0 bridgehead atoms. The highest BCUT2D eigenvalue weighted by atomic mass is 35.5. The van der Waals surface area contributed by atoms with Gasteiger partial charge in [0.2, 0.25) is 0 Å². The fraction of sp³-hybridized carbons (Fsp3) is 0. The number of rotatable bonds is 6. The first-order chi connectivity index (χ1) is 11.3. The molecule has 0 fully saturated rings. The maximum absolute atomic E-state index is 12.5. The monoisotopic (exact) mass is 410 g/mol. The van der Waals surface area contributed by atoms with Gasteiger partial charge in [-0.25, -0.2) is 4.57 Å². The zero-order valence-corrected chi connectivity index (χ0v) is 15.0. The highest BCUT2D eigenvalue weighted by Gasteiger charge is 2.16. The number of ketones is 1. The normalized spacial score (nSPS) is 12.1. The topological polar surface area (TPSA) is 113 Å². The van der Waals surface area contributed by atoms with Crippen LogP contribution in [0.1, 0.15) is 15.9 Å². The summed E-state index contributed by atoms with van der Waals surface area (Å²) in [6, 6.07) is 8.01. The lowest BCUT2D eigenvalue weighted by molar-refractivity contribution is 0.103. The second-order valence-corrected chi connectivity index (χ2v) is 6.57.